The number of rotatable bonds is 7. The topological polar surface area (TPSA) is 79.4 Å². The summed E-state index contributed by atoms with van der Waals surface area (Å²) in [6.07, 6.45) is 2.60. The first-order valence-corrected chi connectivity index (χ1v) is 9.17. The monoisotopic (exact) mass is 376 g/mol. The van der Waals surface area contributed by atoms with E-state index < -0.39 is 0 Å². The Kier molecular flexibility index (Phi) is 6.22. The van der Waals surface area contributed by atoms with Crippen LogP contribution in [0.1, 0.15) is 35.5 Å². The van der Waals surface area contributed by atoms with Crippen LogP contribution in [0.3, 0.4) is 0 Å². The van der Waals surface area contributed by atoms with E-state index in [1.165, 1.54) is 5.56 Å². The third-order valence-corrected chi connectivity index (χ3v) is 4.19. The number of hydrazone groups is 1. The summed E-state index contributed by atoms with van der Waals surface area (Å²) < 4.78 is 5.16. The maximum Gasteiger partial charge on any atom is 0.289 e. The molecule has 2 N–H and O–H groups in total. The van der Waals surface area contributed by atoms with E-state index in [9.17, 15) is 4.79 Å². The minimum atomic E-state index is -0.352. The normalized spacial score (nSPS) is 11.1. The summed E-state index contributed by atoms with van der Waals surface area (Å²) in [5.74, 6) is 0.992. The van der Waals surface area contributed by atoms with Gasteiger partial charge in [0.05, 0.1) is 19.0 Å². The van der Waals surface area contributed by atoms with Crippen LogP contribution in [0, 0.1) is 5.92 Å². The molecule has 0 unspecified atom stereocenters. The Bertz CT molecular complexity index is 959. The molecule has 3 rings (SSSR count). The molecule has 6 heteroatoms. The van der Waals surface area contributed by atoms with Gasteiger partial charge in [0.15, 0.2) is 0 Å². The van der Waals surface area contributed by atoms with Crippen molar-refractivity contribution in [3.8, 4) is 17.0 Å². The van der Waals surface area contributed by atoms with Crippen molar-refractivity contribution in [2.24, 2.45) is 11.0 Å². The van der Waals surface area contributed by atoms with E-state index in [2.05, 4.69) is 46.7 Å². The van der Waals surface area contributed by atoms with Crippen LogP contribution >= 0.6 is 0 Å². The summed E-state index contributed by atoms with van der Waals surface area (Å²) >= 11 is 0. The zero-order valence-corrected chi connectivity index (χ0v) is 16.3. The Morgan fingerprint density at radius 1 is 1.21 bits per heavy atom. The number of benzene rings is 2. The number of nitrogens with zero attached hydrogens (tertiary/aromatic N) is 2. The zero-order chi connectivity index (χ0) is 19.9. The van der Waals surface area contributed by atoms with Crippen molar-refractivity contribution in [2.45, 2.75) is 20.3 Å². The molecule has 3 aromatic rings. The van der Waals surface area contributed by atoms with E-state index >= 15 is 0 Å². The van der Waals surface area contributed by atoms with Crippen LogP contribution in [0.5, 0.6) is 5.75 Å². The molecule has 28 heavy (non-hydrogen) atoms. The van der Waals surface area contributed by atoms with Crippen LogP contribution in [-0.4, -0.2) is 29.4 Å². The summed E-state index contributed by atoms with van der Waals surface area (Å²) in [5.41, 5.74) is 6.65. The van der Waals surface area contributed by atoms with Gasteiger partial charge in [0.1, 0.15) is 11.4 Å². The van der Waals surface area contributed by atoms with Crippen LogP contribution in [0.4, 0.5) is 0 Å². The number of H-pyrrole nitrogens is 1. The fourth-order valence-electron chi connectivity index (χ4n) is 2.82. The molecule has 0 aliphatic heterocycles. The number of carbonyl (C=O) groups excluding carboxylic acids is 1. The van der Waals surface area contributed by atoms with Crippen LogP contribution in [0.2, 0.25) is 0 Å². The smallest absolute Gasteiger partial charge is 0.289 e. The highest BCUT2D eigenvalue weighted by molar-refractivity contribution is 5.94. The van der Waals surface area contributed by atoms with Crippen LogP contribution in [-0.2, 0) is 6.42 Å². The van der Waals surface area contributed by atoms with Gasteiger partial charge in [0, 0.05) is 5.56 Å². The first-order valence-electron chi connectivity index (χ1n) is 9.17. The van der Waals surface area contributed by atoms with Crippen LogP contribution in [0.25, 0.3) is 11.3 Å². The molecule has 0 saturated heterocycles. The highest BCUT2D eigenvalue weighted by Gasteiger charge is 2.10. The molecule has 0 fully saturated rings. The van der Waals surface area contributed by atoms with Gasteiger partial charge in [-0.15, -0.1) is 0 Å². The minimum absolute atomic E-state index is 0.351. The van der Waals surface area contributed by atoms with Gasteiger partial charge in [-0.25, -0.2) is 5.43 Å². The van der Waals surface area contributed by atoms with Crippen molar-refractivity contribution in [3.05, 3.63) is 71.4 Å². The fraction of sp³-hybridized carbons (Fsp3) is 0.227. The Labute approximate surface area is 164 Å². The summed E-state index contributed by atoms with van der Waals surface area (Å²) in [6.45, 7) is 4.40. The molecule has 1 heterocycles. The second kappa shape index (κ2) is 8.99. The molecule has 144 valence electrons. The summed E-state index contributed by atoms with van der Waals surface area (Å²) in [6, 6.07) is 17.4. The molecular formula is C22H24N4O2. The van der Waals surface area contributed by atoms with Gasteiger partial charge in [0.25, 0.3) is 5.91 Å². The number of hydrogen-bond donors (Lipinski definition) is 2. The van der Waals surface area contributed by atoms with Crippen molar-refractivity contribution in [2.75, 3.05) is 7.11 Å². The van der Waals surface area contributed by atoms with Crippen LogP contribution in [0.15, 0.2) is 59.7 Å². The second-order valence-electron chi connectivity index (χ2n) is 6.94. The lowest BCUT2D eigenvalue weighted by atomic mass is 10.0. The zero-order valence-electron chi connectivity index (χ0n) is 16.3. The maximum absolute atomic E-state index is 12.3. The number of methoxy groups -OCH3 is 1. The number of carbonyl (C=O) groups is 1. The molecule has 0 bridgehead atoms. The number of hydrogen-bond acceptors (Lipinski definition) is 4. The largest absolute Gasteiger partial charge is 0.497 e. The lowest BCUT2D eigenvalue weighted by Crippen LogP contribution is -2.18. The fourth-order valence-corrected chi connectivity index (χ4v) is 2.82. The average Bonchev–Trinajstić information content (AvgIpc) is 3.18. The Morgan fingerprint density at radius 2 is 2.00 bits per heavy atom. The van der Waals surface area contributed by atoms with E-state index in [4.69, 9.17) is 4.74 Å². The van der Waals surface area contributed by atoms with Gasteiger partial charge < -0.3 is 4.74 Å². The standard InChI is InChI=1S/C22H24N4O2/c1-15(2)11-16-7-9-18(10-8-16)20-13-21(25-24-20)22(27)26-23-14-17-5-4-6-19(12-17)28-3/h4-10,12-15H,11H2,1-3H3,(H,24,25)(H,26,27)/b23-14-. The van der Waals surface area contributed by atoms with Gasteiger partial charge in [-0.05, 0) is 41.7 Å². The minimum Gasteiger partial charge on any atom is -0.497 e. The average molecular weight is 376 g/mol. The number of nitrogens with one attached hydrogen (secondary N) is 2. The van der Waals surface area contributed by atoms with Crippen LogP contribution < -0.4 is 10.2 Å². The van der Waals surface area contributed by atoms with Gasteiger partial charge in [-0.1, -0.05) is 50.2 Å². The lowest BCUT2D eigenvalue weighted by molar-refractivity contribution is 0.0950. The molecule has 0 radical (unpaired) electrons. The van der Waals surface area contributed by atoms with E-state index in [1.54, 1.807) is 19.4 Å². The third-order valence-electron chi connectivity index (χ3n) is 4.19. The maximum atomic E-state index is 12.3. The molecule has 1 amide bonds. The summed E-state index contributed by atoms with van der Waals surface area (Å²) in [4.78, 5) is 12.3. The molecule has 0 aliphatic carbocycles. The predicted octanol–water partition coefficient (Wildman–Crippen LogP) is 4.05. The first-order chi connectivity index (χ1) is 13.5. The number of amides is 1. The molecular weight excluding hydrogens is 352 g/mol. The second-order valence-corrected chi connectivity index (χ2v) is 6.94. The van der Waals surface area contributed by atoms with Crippen molar-refractivity contribution in [3.63, 3.8) is 0 Å². The van der Waals surface area contributed by atoms with Gasteiger partial charge in [-0.3, -0.25) is 9.89 Å². The Morgan fingerprint density at radius 3 is 2.71 bits per heavy atom. The first kappa shape index (κ1) is 19.4. The Balaban J connectivity index is 1.62. The van der Waals surface area contributed by atoms with Crippen molar-refractivity contribution < 1.29 is 9.53 Å². The van der Waals surface area contributed by atoms with Gasteiger partial charge in [0.2, 0.25) is 0 Å². The number of aromatic nitrogens is 2. The predicted molar refractivity (Wildman–Crippen MR) is 111 cm³/mol. The van der Waals surface area contributed by atoms with Gasteiger partial charge >= 0.3 is 0 Å². The Hall–Kier alpha value is -3.41. The molecule has 2 aromatic carbocycles. The van der Waals surface area contributed by atoms with E-state index in [-0.39, 0.29) is 5.91 Å². The van der Waals surface area contributed by atoms with Crippen molar-refractivity contribution >= 4 is 12.1 Å². The highest BCUT2D eigenvalue weighted by Crippen LogP contribution is 2.19. The molecule has 6 nitrogen and oxygen atoms in total. The van der Waals surface area contributed by atoms with Crippen molar-refractivity contribution in [1.29, 1.82) is 0 Å². The number of ether oxygens (including phenoxy) is 1. The molecule has 0 spiro atoms. The molecule has 0 atom stereocenters. The van der Waals surface area contributed by atoms with Gasteiger partial charge in [-0.2, -0.15) is 10.2 Å². The lowest BCUT2D eigenvalue weighted by Gasteiger charge is -2.05. The summed E-state index contributed by atoms with van der Waals surface area (Å²) in [5, 5.41) is 11.0. The third kappa shape index (κ3) is 5.07. The van der Waals surface area contributed by atoms with E-state index in [0.29, 0.717) is 11.6 Å². The SMILES string of the molecule is COc1cccc(/C=N\NC(=O)c2cc(-c3ccc(CC(C)C)cc3)n[nH]2)c1. The molecule has 0 aliphatic rings. The molecule has 1 aromatic heterocycles. The van der Waals surface area contributed by atoms with E-state index in [1.807, 2.05) is 36.4 Å². The highest BCUT2D eigenvalue weighted by atomic mass is 16.5. The van der Waals surface area contributed by atoms with E-state index in [0.717, 1.165) is 29.0 Å². The summed E-state index contributed by atoms with van der Waals surface area (Å²) in [7, 11) is 1.60. The number of aromatic amines is 1. The quantitative estimate of drug-likeness (QED) is 0.482. The molecule has 0 saturated carbocycles. The van der Waals surface area contributed by atoms with Crippen molar-refractivity contribution in [1.82, 2.24) is 15.6 Å².